The molecule has 1 aliphatic heterocycles. The predicted octanol–water partition coefficient (Wildman–Crippen LogP) is 4.21. The minimum Gasteiger partial charge on any atom is -0.267 e. The van der Waals surface area contributed by atoms with Crippen LogP contribution in [-0.4, -0.2) is 34.9 Å². The summed E-state index contributed by atoms with van der Waals surface area (Å²) in [4.78, 5) is 26.2. The number of aryl methyl sites for hydroxylation is 4. The van der Waals surface area contributed by atoms with Gasteiger partial charge in [0.1, 0.15) is 0 Å². The smallest absolute Gasteiger partial charge is 0.267 e. The predicted molar refractivity (Wildman–Crippen MR) is 103 cm³/mol. The molecule has 2 aromatic carbocycles. The maximum absolute atomic E-state index is 13.1. The van der Waals surface area contributed by atoms with E-state index in [4.69, 9.17) is 0 Å². The van der Waals surface area contributed by atoms with Crippen LogP contribution in [0.2, 0.25) is 0 Å². The molecule has 0 aromatic heterocycles. The monoisotopic (exact) mass is 350 g/mol. The lowest BCUT2D eigenvalue weighted by Crippen LogP contribution is -2.53. The average molecular weight is 350 g/mol. The van der Waals surface area contributed by atoms with E-state index in [1.807, 2.05) is 64.1 Å². The van der Waals surface area contributed by atoms with Gasteiger partial charge < -0.3 is 0 Å². The molecule has 1 saturated heterocycles. The first-order chi connectivity index (χ1) is 12.3. The normalized spacial score (nSPS) is 14.5. The molecule has 3 rings (SSSR count). The van der Waals surface area contributed by atoms with E-state index >= 15 is 0 Å². The molecular weight excluding hydrogens is 324 g/mol. The summed E-state index contributed by atoms with van der Waals surface area (Å²) in [6, 6.07) is 11.7. The van der Waals surface area contributed by atoms with E-state index in [-0.39, 0.29) is 11.8 Å². The number of benzene rings is 2. The third kappa shape index (κ3) is 3.79. The van der Waals surface area contributed by atoms with Crippen LogP contribution >= 0.6 is 0 Å². The second-order valence-corrected chi connectivity index (χ2v) is 7.32. The quantitative estimate of drug-likeness (QED) is 0.814. The van der Waals surface area contributed by atoms with E-state index in [0.29, 0.717) is 24.2 Å². The maximum atomic E-state index is 13.1. The van der Waals surface area contributed by atoms with E-state index in [0.717, 1.165) is 35.1 Å². The summed E-state index contributed by atoms with van der Waals surface area (Å²) < 4.78 is 0. The molecular formula is C22H26N2O2. The van der Waals surface area contributed by atoms with Crippen LogP contribution in [0.1, 0.15) is 55.8 Å². The van der Waals surface area contributed by atoms with Gasteiger partial charge in [-0.15, -0.1) is 0 Å². The minimum atomic E-state index is -0.103. The summed E-state index contributed by atoms with van der Waals surface area (Å²) in [5.41, 5.74) is 5.50. The molecule has 0 radical (unpaired) electrons. The van der Waals surface area contributed by atoms with Crippen LogP contribution in [0.15, 0.2) is 36.4 Å². The lowest BCUT2D eigenvalue weighted by atomic mass is 10.1. The molecule has 2 aromatic rings. The summed E-state index contributed by atoms with van der Waals surface area (Å²) in [5, 5.41) is 3.25. The zero-order valence-corrected chi connectivity index (χ0v) is 16.0. The Morgan fingerprint density at radius 1 is 0.615 bits per heavy atom. The molecule has 0 atom stereocenters. The van der Waals surface area contributed by atoms with E-state index in [1.54, 1.807) is 10.0 Å². The summed E-state index contributed by atoms with van der Waals surface area (Å²) in [6.45, 7) is 9.08. The molecule has 1 aliphatic rings. The maximum Gasteiger partial charge on any atom is 0.272 e. The van der Waals surface area contributed by atoms with Crippen molar-refractivity contribution in [1.29, 1.82) is 0 Å². The van der Waals surface area contributed by atoms with E-state index in [2.05, 4.69) is 0 Å². The average Bonchev–Trinajstić information content (AvgIpc) is 2.59. The fourth-order valence-electron chi connectivity index (χ4n) is 3.68. The number of hydrogen-bond acceptors (Lipinski definition) is 2. The fourth-order valence-corrected chi connectivity index (χ4v) is 3.68. The number of carbonyl (C=O) groups excluding carboxylic acids is 2. The highest BCUT2D eigenvalue weighted by Crippen LogP contribution is 2.20. The number of hydrogen-bond donors (Lipinski definition) is 0. The standard InChI is InChI=1S/C22H26N2O2/c1-15-9-16(2)12-19(11-15)21(25)23-7-5-6-8-24(23)22(26)20-13-17(3)10-18(4)14-20/h9-14H,5-8H2,1-4H3. The van der Waals surface area contributed by atoms with Crippen LogP contribution in [0.4, 0.5) is 0 Å². The van der Waals surface area contributed by atoms with Gasteiger partial charge >= 0.3 is 0 Å². The topological polar surface area (TPSA) is 40.6 Å². The number of hydrazine groups is 1. The fraction of sp³-hybridized carbons (Fsp3) is 0.364. The van der Waals surface area contributed by atoms with Crippen molar-refractivity contribution in [3.63, 3.8) is 0 Å². The van der Waals surface area contributed by atoms with Gasteiger partial charge in [-0.25, -0.2) is 10.0 Å². The Morgan fingerprint density at radius 2 is 0.923 bits per heavy atom. The zero-order chi connectivity index (χ0) is 18.8. The molecule has 136 valence electrons. The van der Waals surface area contributed by atoms with Crippen molar-refractivity contribution in [3.05, 3.63) is 69.8 Å². The van der Waals surface area contributed by atoms with Crippen LogP contribution in [0.25, 0.3) is 0 Å². The van der Waals surface area contributed by atoms with Crippen molar-refractivity contribution in [2.24, 2.45) is 0 Å². The molecule has 0 unspecified atom stereocenters. The van der Waals surface area contributed by atoms with E-state index < -0.39 is 0 Å². The second-order valence-electron chi connectivity index (χ2n) is 7.32. The van der Waals surface area contributed by atoms with Crippen LogP contribution < -0.4 is 0 Å². The van der Waals surface area contributed by atoms with E-state index in [9.17, 15) is 9.59 Å². The molecule has 0 aliphatic carbocycles. The Morgan fingerprint density at radius 3 is 1.23 bits per heavy atom. The zero-order valence-electron chi connectivity index (χ0n) is 16.0. The van der Waals surface area contributed by atoms with Crippen molar-refractivity contribution in [3.8, 4) is 0 Å². The molecule has 0 saturated carbocycles. The lowest BCUT2D eigenvalue weighted by Gasteiger charge is -2.38. The Labute approximate surface area is 155 Å². The summed E-state index contributed by atoms with van der Waals surface area (Å²) >= 11 is 0. The van der Waals surface area contributed by atoms with Crippen molar-refractivity contribution in [2.75, 3.05) is 13.1 Å². The summed E-state index contributed by atoms with van der Waals surface area (Å²) in [7, 11) is 0. The molecule has 1 heterocycles. The molecule has 4 heteroatoms. The molecule has 4 nitrogen and oxygen atoms in total. The third-order valence-corrected chi connectivity index (χ3v) is 4.69. The highest BCUT2D eigenvalue weighted by atomic mass is 16.2. The Balaban J connectivity index is 1.92. The minimum absolute atomic E-state index is 0.103. The van der Waals surface area contributed by atoms with Gasteiger partial charge in [0.05, 0.1) is 0 Å². The third-order valence-electron chi connectivity index (χ3n) is 4.69. The Hall–Kier alpha value is -2.62. The molecule has 0 bridgehead atoms. The van der Waals surface area contributed by atoms with Gasteiger partial charge in [0, 0.05) is 24.2 Å². The molecule has 1 fully saturated rings. The largest absolute Gasteiger partial charge is 0.272 e. The van der Waals surface area contributed by atoms with Gasteiger partial charge in [0.25, 0.3) is 11.8 Å². The van der Waals surface area contributed by atoms with Crippen LogP contribution in [0.3, 0.4) is 0 Å². The van der Waals surface area contributed by atoms with Crippen molar-refractivity contribution in [2.45, 2.75) is 40.5 Å². The highest BCUT2D eigenvalue weighted by Gasteiger charge is 2.30. The van der Waals surface area contributed by atoms with Crippen LogP contribution in [0.5, 0.6) is 0 Å². The van der Waals surface area contributed by atoms with E-state index in [1.165, 1.54) is 0 Å². The number of rotatable bonds is 2. The first kappa shape index (κ1) is 18.2. The number of amides is 2. The highest BCUT2D eigenvalue weighted by molar-refractivity contribution is 5.99. The van der Waals surface area contributed by atoms with Crippen LogP contribution in [0, 0.1) is 27.7 Å². The number of nitrogens with zero attached hydrogens (tertiary/aromatic N) is 2. The molecule has 2 amide bonds. The molecule has 0 N–H and O–H groups in total. The Kier molecular flexibility index (Phi) is 5.12. The van der Waals surface area contributed by atoms with Gasteiger partial charge in [-0.3, -0.25) is 9.59 Å². The van der Waals surface area contributed by atoms with Gasteiger partial charge in [0.2, 0.25) is 0 Å². The summed E-state index contributed by atoms with van der Waals surface area (Å²) in [5.74, 6) is -0.205. The van der Waals surface area contributed by atoms with Gasteiger partial charge in [0.15, 0.2) is 0 Å². The SMILES string of the molecule is Cc1cc(C)cc(C(=O)N2CCCCN2C(=O)c2cc(C)cc(C)c2)c1. The second kappa shape index (κ2) is 7.32. The molecule has 0 spiro atoms. The van der Waals surface area contributed by atoms with Gasteiger partial charge in [-0.1, -0.05) is 34.4 Å². The van der Waals surface area contributed by atoms with Crippen molar-refractivity contribution in [1.82, 2.24) is 10.0 Å². The van der Waals surface area contributed by atoms with Crippen LogP contribution in [-0.2, 0) is 0 Å². The Bertz CT molecular complexity index is 745. The van der Waals surface area contributed by atoms with Gasteiger partial charge in [-0.05, 0) is 64.8 Å². The number of carbonyl (C=O) groups is 2. The van der Waals surface area contributed by atoms with Crippen molar-refractivity contribution >= 4 is 11.8 Å². The summed E-state index contributed by atoms with van der Waals surface area (Å²) in [6.07, 6.45) is 1.82. The van der Waals surface area contributed by atoms with Crippen molar-refractivity contribution < 1.29 is 9.59 Å². The first-order valence-electron chi connectivity index (χ1n) is 9.15. The lowest BCUT2D eigenvalue weighted by molar-refractivity contribution is -0.0170. The first-order valence-corrected chi connectivity index (χ1v) is 9.15. The molecule has 26 heavy (non-hydrogen) atoms. The van der Waals surface area contributed by atoms with Gasteiger partial charge in [-0.2, -0.15) is 0 Å².